The maximum atomic E-state index is 9.55. The lowest BCUT2D eigenvalue weighted by Crippen LogP contribution is -2.11. The molecule has 0 saturated carbocycles. The van der Waals surface area contributed by atoms with Crippen molar-refractivity contribution in [3.05, 3.63) is 77.2 Å². The number of anilines is 1. The summed E-state index contributed by atoms with van der Waals surface area (Å²) in [5, 5.41) is 12.9. The third-order valence-corrected chi connectivity index (χ3v) is 4.94. The van der Waals surface area contributed by atoms with Gasteiger partial charge in [-0.25, -0.2) is 15.0 Å². The SMILES string of the molecule is Cc1cccn2c(-c3nc(NC(C)c4ccc(CN)cc4)ncc3C#N)cnc12. The molecule has 7 heteroatoms. The molecule has 4 rings (SSSR count). The molecule has 0 aliphatic heterocycles. The summed E-state index contributed by atoms with van der Waals surface area (Å²) < 4.78 is 1.94. The first-order valence-corrected chi connectivity index (χ1v) is 9.36. The number of rotatable bonds is 5. The zero-order valence-electron chi connectivity index (χ0n) is 16.3. The Balaban J connectivity index is 1.69. The number of nitrogens with two attached hydrogens (primary N) is 1. The standard InChI is InChI=1S/C22H21N7/c1-14-4-3-9-29-19(13-25-21(14)29)20-18(11-24)12-26-22(28-20)27-15(2)17-7-5-16(10-23)6-8-17/h3-9,12-13,15H,10,23H2,1-2H3,(H,26,27,28). The van der Waals surface area contributed by atoms with Gasteiger partial charge in [-0.3, -0.25) is 4.40 Å². The number of aromatic nitrogens is 4. The predicted molar refractivity (Wildman–Crippen MR) is 112 cm³/mol. The van der Waals surface area contributed by atoms with E-state index >= 15 is 0 Å². The van der Waals surface area contributed by atoms with Crippen molar-refractivity contribution in [2.75, 3.05) is 5.32 Å². The third kappa shape index (κ3) is 3.53. The molecule has 0 aliphatic rings. The van der Waals surface area contributed by atoms with E-state index in [0.29, 0.717) is 23.8 Å². The van der Waals surface area contributed by atoms with Crippen molar-refractivity contribution in [2.45, 2.75) is 26.4 Å². The summed E-state index contributed by atoms with van der Waals surface area (Å²) in [5.41, 5.74) is 11.5. The second kappa shape index (κ2) is 7.70. The first-order valence-electron chi connectivity index (χ1n) is 9.36. The Labute approximate surface area is 168 Å². The molecule has 0 bridgehead atoms. The van der Waals surface area contributed by atoms with Crippen LogP contribution in [0.1, 0.15) is 35.2 Å². The summed E-state index contributed by atoms with van der Waals surface area (Å²) in [4.78, 5) is 13.4. The van der Waals surface area contributed by atoms with Crippen LogP contribution < -0.4 is 11.1 Å². The molecule has 0 amide bonds. The minimum absolute atomic E-state index is 0.00737. The number of aryl methyl sites for hydroxylation is 1. The maximum Gasteiger partial charge on any atom is 0.223 e. The molecular formula is C22H21N7. The Hall–Kier alpha value is -3.76. The molecule has 0 saturated heterocycles. The van der Waals surface area contributed by atoms with Crippen molar-refractivity contribution in [1.82, 2.24) is 19.4 Å². The molecule has 1 atom stereocenters. The smallest absolute Gasteiger partial charge is 0.223 e. The zero-order chi connectivity index (χ0) is 20.4. The van der Waals surface area contributed by atoms with E-state index < -0.39 is 0 Å². The van der Waals surface area contributed by atoms with E-state index in [1.165, 1.54) is 0 Å². The third-order valence-electron chi connectivity index (χ3n) is 4.94. The van der Waals surface area contributed by atoms with Crippen LogP contribution in [0, 0.1) is 18.3 Å². The summed E-state index contributed by atoms with van der Waals surface area (Å²) >= 11 is 0. The molecule has 4 aromatic rings. The zero-order valence-corrected chi connectivity index (χ0v) is 16.3. The fraction of sp³-hybridized carbons (Fsp3) is 0.182. The molecule has 3 heterocycles. The summed E-state index contributed by atoms with van der Waals surface area (Å²) in [6, 6.07) is 14.2. The van der Waals surface area contributed by atoms with E-state index in [0.717, 1.165) is 28.0 Å². The summed E-state index contributed by atoms with van der Waals surface area (Å²) in [6.45, 7) is 4.56. The molecule has 0 aliphatic carbocycles. The van der Waals surface area contributed by atoms with Crippen LogP contribution in [0.15, 0.2) is 55.0 Å². The molecule has 0 radical (unpaired) electrons. The molecule has 1 aromatic carbocycles. The topological polar surface area (TPSA) is 105 Å². The average Bonchev–Trinajstić information content (AvgIpc) is 3.19. The van der Waals surface area contributed by atoms with Crippen molar-refractivity contribution >= 4 is 11.6 Å². The van der Waals surface area contributed by atoms with Crippen molar-refractivity contribution in [3.8, 4) is 17.5 Å². The normalized spacial score (nSPS) is 11.9. The molecule has 0 fully saturated rings. The Morgan fingerprint density at radius 3 is 2.69 bits per heavy atom. The molecule has 29 heavy (non-hydrogen) atoms. The molecule has 1 unspecified atom stereocenters. The quantitative estimate of drug-likeness (QED) is 0.545. The molecule has 7 nitrogen and oxygen atoms in total. The Kier molecular flexibility index (Phi) is 4.94. The first-order chi connectivity index (χ1) is 14.1. The van der Waals surface area contributed by atoms with Gasteiger partial charge in [-0.1, -0.05) is 30.3 Å². The second-order valence-electron chi connectivity index (χ2n) is 6.91. The molecular weight excluding hydrogens is 362 g/mol. The highest BCUT2D eigenvalue weighted by molar-refractivity contribution is 5.68. The summed E-state index contributed by atoms with van der Waals surface area (Å²) in [5.74, 6) is 0.456. The van der Waals surface area contributed by atoms with Crippen LogP contribution in [-0.4, -0.2) is 19.4 Å². The highest BCUT2D eigenvalue weighted by Crippen LogP contribution is 2.25. The minimum Gasteiger partial charge on any atom is -0.348 e. The van der Waals surface area contributed by atoms with Crippen molar-refractivity contribution in [2.24, 2.45) is 5.73 Å². The number of hydrogen-bond donors (Lipinski definition) is 2. The molecule has 3 aromatic heterocycles. The Morgan fingerprint density at radius 2 is 1.97 bits per heavy atom. The van der Waals surface area contributed by atoms with E-state index in [1.54, 1.807) is 12.4 Å². The lowest BCUT2D eigenvalue weighted by Gasteiger charge is -2.15. The number of hydrogen-bond acceptors (Lipinski definition) is 6. The average molecular weight is 383 g/mol. The number of fused-ring (bicyclic) bond motifs is 1. The van der Waals surface area contributed by atoms with Gasteiger partial charge in [-0.2, -0.15) is 5.26 Å². The van der Waals surface area contributed by atoms with Gasteiger partial charge >= 0.3 is 0 Å². The van der Waals surface area contributed by atoms with Gasteiger partial charge < -0.3 is 11.1 Å². The number of imidazole rings is 1. The Morgan fingerprint density at radius 1 is 1.17 bits per heavy atom. The number of nitrogens with zero attached hydrogens (tertiary/aromatic N) is 5. The summed E-state index contributed by atoms with van der Waals surface area (Å²) in [7, 11) is 0. The van der Waals surface area contributed by atoms with Crippen molar-refractivity contribution in [1.29, 1.82) is 5.26 Å². The van der Waals surface area contributed by atoms with Gasteiger partial charge in [0.05, 0.1) is 29.7 Å². The number of nitrogens with one attached hydrogen (secondary N) is 1. The summed E-state index contributed by atoms with van der Waals surface area (Å²) in [6.07, 6.45) is 5.21. The minimum atomic E-state index is -0.00737. The number of pyridine rings is 1. The highest BCUT2D eigenvalue weighted by Gasteiger charge is 2.16. The number of benzene rings is 1. The van der Waals surface area contributed by atoms with Crippen LogP contribution in [0.25, 0.3) is 17.0 Å². The van der Waals surface area contributed by atoms with Gasteiger partial charge in [0.1, 0.15) is 17.4 Å². The largest absolute Gasteiger partial charge is 0.348 e. The van der Waals surface area contributed by atoms with Crippen LogP contribution in [0.4, 0.5) is 5.95 Å². The monoisotopic (exact) mass is 383 g/mol. The van der Waals surface area contributed by atoms with Gasteiger partial charge in [0.15, 0.2) is 0 Å². The van der Waals surface area contributed by atoms with Crippen LogP contribution >= 0.6 is 0 Å². The Bertz CT molecular complexity index is 1200. The van der Waals surface area contributed by atoms with Crippen LogP contribution in [0.3, 0.4) is 0 Å². The fourth-order valence-electron chi connectivity index (χ4n) is 3.27. The number of nitriles is 1. The fourth-order valence-corrected chi connectivity index (χ4v) is 3.27. The van der Waals surface area contributed by atoms with Gasteiger partial charge in [-0.15, -0.1) is 0 Å². The lowest BCUT2D eigenvalue weighted by molar-refractivity contribution is 0.858. The van der Waals surface area contributed by atoms with E-state index in [1.807, 2.05) is 60.8 Å². The van der Waals surface area contributed by atoms with Crippen molar-refractivity contribution < 1.29 is 0 Å². The van der Waals surface area contributed by atoms with Gasteiger partial charge in [0.25, 0.3) is 0 Å². The van der Waals surface area contributed by atoms with Gasteiger partial charge in [0.2, 0.25) is 5.95 Å². The lowest BCUT2D eigenvalue weighted by atomic mass is 10.1. The molecule has 0 spiro atoms. The van der Waals surface area contributed by atoms with Crippen LogP contribution in [0.5, 0.6) is 0 Å². The maximum absolute atomic E-state index is 9.55. The van der Waals surface area contributed by atoms with E-state index in [9.17, 15) is 5.26 Å². The van der Waals surface area contributed by atoms with Gasteiger partial charge in [-0.05, 0) is 36.6 Å². The molecule has 3 N–H and O–H groups in total. The van der Waals surface area contributed by atoms with E-state index in [2.05, 4.69) is 26.3 Å². The van der Waals surface area contributed by atoms with Gasteiger partial charge in [0, 0.05) is 12.7 Å². The van der Waals surface area contributed by atoms with Crippen LogP contribution in [-0.2, 0) is 6.54 Å². The van der Waals surface area contributed by atoms with Crippen LogP contribution in [0.2, 0.25) is 0 Å². The van der Waals surface area contributed by atoms with Crippen molar-refractivity contribution in [3.63, 3.8) is 0 Å². The second-order valence-corrected chi connectivity index (χ2v) is 6.91. The molecule has 144 valence electrons. The van der Waals surface area contributed by atoms with E-state index in [4.69, 9.17) is 5.73 Å². The highest BCUT2D eigenvalue weighted by atomic mass is 15.1. The predicted octanol–water partition coefficient (Wildman–Crippen LogP) is 3.60. The van der Waals surface area contributed by atoms with E-state index in [-0.39, 0.29) is 6.04 Å². The first kappa shape index (κ1) is 18.6.